The minimum Gasteiger partial charge on any atom is -0.497 e. The lowest BCUT2D eigenvalue weighted by Gasteiger charge is -2.10. The Bertz CT molecular complexity index is 1260. The quantitative estimate of drug-likeness (QED) is 0.444. The molecule has 4 nitrogen and oxygen atoms in total. The molecule has 0 bridgehead atoms. The fourth-order valence-corrected chi connectivity index (χ4v) is 4.68. The highest BCUT2D eigenvalue weighted by atomic mass is 32.2. The number of fused-ring (bicyclic) bond motifs is 2. The molecule has 0 aromatic heterocycles. The van der Waals surface area contributed by atoms with E-state index in [0.29, 0.717) is 6.54 Å². The maximum atomic E-state index is 12.7. The summed E-state index contributed by atoms with van der Waals surface area (Å²) < 4.78 is 33.3. The molecule has 0 heterocycles. The molecule has 0 saturated carbocycles. The van der Waals surface area contributed by atoms with E-state index in [4.69, 9.17) is 4.74 Å². The molecule has 4 aromatic rings. The van der Waals surface area contributed by atoms with E-state index in [1.807, 2.05) is 42.5 Å². The first kappa shape index (κ1) is 19.4. The van der Waals surface area contributed by atoms with Crippen molar-refractivity contribution in [2.45, 2.75) is 17.7 Å². The largest absolute Gasteiger partial charge is 0.497 e. The first-order valence-electron chi connectivity index (χ1n) is 9.61. The molecule has 0 spiro atoms. The molecular weight excluding hydrogens is 382 g/mol. The van der Waals surface area contributed by atoms with E-state index in [0.717, 1.165) is 29.4 Å². The summed E-state index contributed by atoms with van der Waals surface area (Å²) in [6.45, 7) is 0.395. The molecule has 0 radical (unpaired) electrons. The minimum absolute atomic E-state index is 0.278. The number of rotatable bonds is 7. The standard InChI is InChI=1S/C24H23NO3S/c1-28-22-13-11-21-17-23(14-12-20(21)16-22)29(26,27)25-15-5-9-19-8-4-7-18-6-2-3-10-24(18)19/h2-4,6-8,10-14,16-17,25H,5,9,15H2,1H3. The van der Waals surface area contributed by atoms with Crippen LogP contribution in [0.2, 0.25) is 0 Å². The third kappa shape index (κ3) is 4.26. The van der Waals surface area contributed by atoms with Gasteiger partial charge < -0.3 is 4.74 Å². The highest BCUT2D eigenvalue weighted by Gasteiger charge is 2.14. The van der Waals surface area contributed by atoms with Gasteiger partial charge in [0, 0.05) is 6.54 Å². The summed E-state index contributed by atoms with van der Waals surface area (Å²) in [5.41, 5.74) is 1.24. The smallest absolute Gasteiger partial charge is 0.240 e. The van der Waals surface area contributed by atoms with Crippen LogP contribution in [0.3, 0.4) is 0 Å². The van der Waals surface area contributed by atoms with Gasteiger partial charge in [0.05, 0.1) is 12.0 Å². The molecule has 0 saturated heterocycles. The fourth-order valence-electron chi connectivity index (χ4n) is 3.58. The van der Waals surface area contributed by atoms with Crippen molar-refractivity contribution in [1.29, 1.82) is 0 Å². The molecule has 5 heteroatoms. The van der Waals surface area contributed by atoms with Gasteiger partial charge in [-0.2, -0.15) is 0 Å². The molecular formula is C24H23NO3S. The Morgan fingerprint density at radius 1 is 0.828 bits per heavy atom. The Morgan fingerprint density at radius 3 is 2.45 bits per heavy atom. The van der Waals surface area contributed by atoms with Gasteiger partial charge in [-0.25, -0.2) is 13.1 Å². The second-order valence-corrected chi connectivity index (χ2v) is 8.78. The number of hydrogen-bond donors (Lipinski definition) is 1. The average molecular weight is 406 g/mol. The zero-order chi connectivity index (χ0) is 20.3. The summed E-state index contributed by atoms with van der Waals surface area (Å²) in [6.07, 6.45) is 1.55. The predicted octanol–water partition coefficient (Wildman–Crippen LogP) is 4.91. The van der Waals surface area contributed by atoms with Gasteiger partial charge >= 0.3 is 0 Å². The Kier molecular flexibility index (Phi) is 5.51. The number of sulfonamides is 1. The van der Waals surface area contributed by atoms with Crippen molar-refractivity contribution >= 4 is 31.6 Å². The van der Waals surface area contributed by atoms with E-state index in [9.17, 15) is 8.42 Å². The SMILES string of the molecule is COc1ccc2cc(S(=O)(=O)NCCCc3cccc4ccccc34)ccc2c1. The number of methoxy groups -OCH3 is 1. The van der Waals surface area contributed by atoms with E-state index in [1.54, 1.807) is 19.2 Å². The summed E-state index contributed by atoms with van der Waals surface area (Å²) in [7, 11) is -1.93. The number of ether oxygens (including phenoxy) is 1. The second kappa shape index (κ2) is 8.23. The Hall–Kier alpha value is -2.89. The molecule has 29 heavy (non-hydrogen) atoms. The molecule has 4 rings (SSSR count). The van der Waals surface area contributed by atoms with Gasteiger partial charge in [-0.05, 0) is 64.2 Å². The van der Waals surface area contributed by atoms with Crippen molar-refractivity contribution in [3.63, 3.8) is 0 Å². The third-order valence-corrected chi connectivity index (χ3v) is 6.58. The van der Waals surface area contributed by atoms with Crippen LogP contribution in [0.5, 0.6) is 5.75 Å². The first-order valence-corrected chi connectivity index (χ1v) is 11.1. The van der Waals surface area contributed by atoms with Crippen LogP contribution in [-0.2, 0) is 16.4 Å². The third-order valence-electron chi connectivity index (χ3n) is 5.12. The lowest BCUT2D eigenvalue weighted by Crippen LogP contribution is -2.25. The van der Waals surface area contributed by atoms with Crippen LogP contribution in [-0.4, -0.2) is 22.1 Å². The van der Waals surface area contributed by atoms with Crippen LogP contribution >= 0.6 is 0 Å². The van der Waals surface area contributed by atoms with Gasteiger partial charge in [-0.3, -0.25) is 0 Å². The van der Waals surface area contributed by atoms with Crippen molar-refractivity contribution in [3.05, 3.63) is 84.4 Å². The summed E-state index contributed by atoms with van der Waals surface area (Å²) in [5.74, 6) is 0.750. The zero-order valence-electron chi connectivity index (χ0n) is 16.3. The normalized spacial score (nSPS) is 11.8. The van der Waals surface area contributed by atoms with Crippen molar-refractivity contribution in [2.24, 2.45) is 0 Å². The van der Waals surface area contributed by atoms with Crippen molar-refractivity contribution in [3.8, 4) is 5.75 Å². The van der Waals surface area contributed by atoms with Crippen molar-refractivity contribution in [2.75, 3.05) is 13.7 Å². The molecule has 1 N–H and O–H groups in total. The Balaban J connectivity index is 1.43. The topological polar surface area (TPSA) is 55.4 Å². The van der Waals surface area contributed by atoms with Crippen LogP contribution in [0.25, 0.3) is 21.5 Å². The maximum Gasteiger partial charge on any atom is 0.240 e. The van der Waals surface area contributed by atoms with Gasteiger partial charge in [0.2, 0.25) is 10.0 Å². The molecule has 0 amide bonds. The van der Waals surface area contributed by atoms with Crippen LogP contribution < -0.4 is 9.46 Å². The molecule has 0 aliphatic heterocycles. The van der Waals surface area contributed by atoms with E-state index < -0.39 is 10.0 Å². The van der Waals surface area contributed by atoms with Crippen molar-refractivity contribution in [1.82, 2.24) is 4.72 Å². The predicted molar refractivity (Wildman–Crippen MR) is 118 cm³/mol. The maximum absolute atomic E-state index is 12.7. The fraction of sp³-hybridized carbons (Fsp3) is 0.167. The summed E-state index contributed by atoms with van der Waals surface area (Å²) in [5, 5.41) is 4.24. The molecule has 0 aliphatic carbocycles. The second-order valence-electron chi connectivity index (χ2n) is 7.01. The van der Waals surface area contributed by atoms with Crippen LogP contribution in [0.15, 0.2) is 83.8 Å². The lowest BCUT2D eigenvalue weighted by atomic mass is 10.0. The molecule has 0 atom stereocenters. The first-order chi connectivity index (χ1) is 14.1. The molecule has 148 valence electrons. The van der Waals surface area contributed by atoms with Gasteiger partial charge in [-0.15, -0.1) is 0 Å². The van der Waals surface area contributed by atoms with Crippen molar-refractivity contribution < 1.29 is 13.2 Å². The number of nitrogens with one attached hydrogen (secondary N) is 1. The summed E-state index contributed by atoms with van der Waals surface area (Å²) >= 11 is 0. The van der Waals surface area contributed by atoms with Crippen LogP contribution in [0.1, 0.15) is 12.0 Å². The van der Waals surface area contributed by atoms with Gasteiger partial charge in [0.25, 0.3) is 0 Å². The lowest BCUT2D eigenvalue weighted by molar-refractivity contribution is 0.415. The molecule has 0 fully saturated rings. The monoisotopic (exact) mass is 405 g/mol. The van der Waals surface area contributed by atoms with Gasteiger partial charge in [-0.1, -0.05) is 54.6 Å². The Morgan fingerprint density at radius 2 is 1.59 bits per heavy atom. The zero-order valence-corrected chi connectivity index (χ0v) is 17.1. The van der Waals surface area contributed by atoms with E-state index in [-0.39, 0.29) is 4.90 Å². The van der Waals surface area contributed by atoms with E-state index in [1.165, 1.54) is 16.3 Å². The van der Waals surface area contributed by atoms with Crippen LogP contribution in [0.4, 0.5) is 0 Å². The summed E-state index contributed by atoms with van der Waals surface area (Å²) in [4.78, 5) is 0.278. The number of benzene rings is 4. The van der Waals surface area contributed by atoms with E-state index >= 15 is 0 Å². The minimum atomic E-state index is -3.55. The van der Waals surface area contributed by atoms with E-state index in [2.05, 4.69) is 29.0 Å². The molecule has 0 unspecified atom stereocenters. The summed E-state index contributed by atoms with van der Waals surface area (Å²) in [6, 6.07) is 25.2. The highest BCUT2D eigenvalue weighted by molar-refractivity contribution is 7.89. The number of hydrogen-bond acceptors (Lipinski definition) is 3. The van der Waals surface area contributed by atoms with Gasteiger partial charge in [0.15, 0.2) is 0 Å². The van der Waals surface area contributed by atoms with Gasteiger partial charge in [0.1, 0.15) is 5.75 Å². The molecule has 4 aromatic carbocycles. The average Bonchev–Trinajstić information content (AvgIpc) is 2.76. The van der Waals surface area contributed by atoms with Crippen LogP contribution in [0, 0.1) is 0 Å². The highest BCUT2D eigenvalue weighted by Crippen LogP contribution is 2.24. The Labute approximate surface area is 171 Å². The number of aryl methyl sites for hydroxylation is 1. The molecule has 0 aliphatic rings.